The van der Waals surface area contributed by atoms with Gasteiger partial charge in [-0.2, -0.15) is 0 Å². The van der Waals surface area contributed by atoms with Crippen LogP contribution in [-0.2, 0) is 4.74 Å². The van der Waals surface area contributed by atoms with Crippen molar-refractivity contribution in [2.45, 2.75) is 83.6 Å². The van der Waals surface area contributed by atoms with Crippen LogP contribution in [0.4, 0.5) is 0 Å². The third kappa shape index (κ3) is 5.87. The van der Waals surface area contributed by atoms with Crippen LogP contribution in [0.15, 0.2) is 0 Å². The maximum absolute atomic E-state index is 5.54. The average Bonchev–Trinajstić information content (AvgIpc) is 2.80. The van der Waals surface area contributed by atoms with Gasteiger partial charge in [0.1, 0.15) is 0 Å². The summed E-state index contributed by atoms with van der Waals surface area (Å²) < 4.78 is 5.54. The molecule has 17 heavy (non-hydrogen) atoms. The fraction of sp³-hybridized carbons (Fsp3) is 1.00. The zero-order valence-electron chi connectivity index (χ0n) is 11.9. The zero-order chi connectivity index (χ0) is 12.4. The summed E-state index contributed by atoms with van der Waals surface area (Å²) in [4.78, 5) is 0. The molecule has 0 amide bonds. The van der Waals surface area contributed by atoms with Crippen molar-refractivity contribution in [3.05, 3.63) is 0 Å². The van der Waals surface area contributed by atoms with Crippen LogP contribution in [0, 0.1) is 0 Å². The number of ether oxygens (including phenoxy) is 1. The van der Waals surface area contributed by atoms with Crippen LogP contribution in [0.3, 0.4) is 0 Å². The minimum Gasteiger partial charge on any atom is -0.364 e. The smallest absolute Gasteiger partial charge is 0.0971 e. The first kappa shape index (κ1) is 15.0. The average molecular weight is 241 g/mol. The Morgan fingerprint density at radius 1 is 0.882 bits per heavy atom. The van der Waals surface area contributed by atoms with Crippen LogP contribution in [0.1, 0.15) is 78.1 Å². The van der Waals surface area contributed by atoms with E-state index in [1.54, 1.807) is 0 Å². The molecule has 0 spiro atoms. The van der Waals surface area contributed by atoms with Gasteiger partial charge in [-0.15, -0.1) is 0 Å². The molecule has 0 saturated carbocycles. The lowest BCUT2D eigenvalue weighted by atomic mass is 9.88. The van der Waals surface area contributed by atoms with E-state index in [9.17, 15) is 0 Å². The fourth-order valence-corrected chi connectivity index (χ4v) is 2.71. The zero-order valence-corrected chi connectivity index (χ0v) is 11.9. The van der Waals surface area contributed by atoms with Gasteiger partial charge >= 0.3 is 0 Å². The normalized spacial score (nSPS) is 24.4. The van der Waals surface area contributed by atoms with Crippen LogP contribution >= 0.6 is 0 Å². The highest BCUT2D eigenvalue weighted by Crippen LogP contribution is 2.26. The first-order chi connectivity index (χ1) is 8.33. The Balaban J connectivity index is 2.12. The van der Waals surface area contributed by atoms with E-state index in [1.165, 1.54) is 64.2 Å². The summed E-state index contributed by atoms with van der Waals surface area (Å²) in [5.74, 6) is 0. The van der Waals surface area contributed by atoms with Crippen LogP contribution in [0.5, 0.6) is 0 Å². The summed E-state index contributed by atoms with van der Waals surface area (Å²) in [6.07, 6.45) is 13.6. The van der Waals surface area contributed by atoms with E-state index in [1.807, 2.05) is 0 Å². The molecule has 1 unspecified atom stereocenters. The van der Waals surface area contributed by atoms with Gasteiger partial charge in [0, 0.05) is 5.54 Å². The van der Waals surface area contributed by atoms with Crippen molar-refractivity contribution in [1.29, 1.82) is 0 Å². The first-order valence-corrected chi connectivity index (χ1v) is 7.66. The van der Waals surface area contributed by atoms with Crippen molar-refractivity contribution >= 4 is 0 Å². The minimum atomic E-state index is 0.320. The van der Waals surface area contributed by atoms with E-state index in [0.29, 0.717) is 5.54 Å². The summed E-state index contributed by atoms with van der Waals surface area (Å²) in [6, 6.07) is 0. The Kier molecular flexibility index (Phi) is 7.87. The Hall–Kier alpha value is -0.0800. The van der Waals surface area contributed by atoms with Gasteiger partial charge in [0.2, 0.25) is 0 Å². The second-order valence-electron chi connectivity index (χ2n) is 5.57. The van der Waals surface area contributed by atoms with Crippen LogP contribution in [0.2, 0.25) is 0 Å². The topological polar surface area (TPSA) is 21.3 Å². The Morgan fingerprint density at radius 2 is 1.53 bits per heavy atom. The molecule has 0 bridgehead atoms. The van der Waals surface area contributed by atoms with Gasteiger partial charge in [0.05, 0.1) is 13.3 Å². The van der Waals surface area contributed by atoms with Crippen molar-refractivity contribution < 1.29 is 4.74 Å². The van der Waals surface area contributed by atoms with Crippen LogP contribution < -0.4 is 5.32 Å². The van der Waals surface area contributed by atoms with Crippen molar-refractivity contribution in [3.63, 3.8) is 0 Å². The number of hydrogen-bond acceptors (Lipinski definition) is 2. The number of hydrogen-bond donors (Lipinski definition) is 1. The SMILES string of the molecule is CCCCCCCCC1(CCCC)COCN1. The molecule has 0 aromatic heterocycles. The second kappa shape index (κ2) is 8.93. The fourth-order valence-electron chi connectivity index (χ4n) is 2.71. The van der Waals surface area contributed by atoms with E-state index >= 15 is 0 Å². The quantitative estimate of drug-likeness (QED) is 0.578. The molecule has 1 fully saturated rings. The molecule has 102 valence electrons. The van der Waals surface area contributed by atoms with Crippen molar-refractivity contribution in [2.75, 3.05) is 13.3 Å². The van der Waals surface area contributed by atoms with Crippen LogP contribution in [-0.4, -0.2) is 18.9 Å². The standard InChI is InChI=1S/C15H31NO/c1-3-5-7-8-9-10-12-15(11-6-4-2)13-17-14-16-15/h16H,3-14H2,1-2H3. The van der Waals surface area contributed by atoms with Gasteiger partial charge in [-0.05, 0) is 12.8 Å². The molecule has 1 atom stereocenters. The molecule has 1 saturated heterocycles. The molecule has 1 N–H and O–H groups in total. The number of rotatable bonds is 10. The molecule has 0 aliphatic carbocycles. The van der Waals surface area contributed by atoms with Crippen molar-refractivity contribution in [3.8, 4) is 0 Å². The first-order valence-electron chi connectivity index (χ1n) is 7.66. The Bertz CT molecular complexity index is 176. The molecule has 1 aliphatic rings. The predicted molar refractivity (Wildman–Crippen MR) is 74.2 cm³/mol. The summed E-state index contributed by atoms with van der Waals surface area (Å²) in [7, 11) is 0. The van der Waals surface area contributed by atoms with E-state index < -0.39 is 0 Å². The second-order valence-corrected chi connectivity index (χ2v) is 5.57. The predicted octanol–water partition coefficient (Wildman–Crippen LogP) is 4.24. The van der Waals surface area contributed by atoms with E-state index in [-0.39, 0.29) is 0 Å². The minimum absolute atomic E-state index is 0.320. The summed E-state index contributed by atoms with van der Waals surface area (Å²) in [5, 5.41) is 3.58. The van der Waals surface area contributed by atoms with Gasteiger partial charge < -0.3 is 4.74 Å². The summed E-state index contributed by atoms with van der Waals surface area (Å²) in [5.41, 5.74) is 0.320. The number of nitrogens with one attached hydrogen (secondary N) is 1. The molecule has 0 aromatic carbocycles. The summed E-state index contributed by atoms with van der Waals surface area (Å²) in [6.45, 7) is 6.25. The lowest BCUT2D eigenvalue weighted by molar-refractivity contribution is 0.169. The van der Waals surface area contributed by atoms with Gasteiger partial charge in [-0.25, -0.2) is 0 Å². The van der Waals surface area contributed by atoms with E-state index in [0.717, 1.165) is 13.3 Å². The Labute approximate surface area is 108 Å². The third-order valence-corrected chi connectivity index (χ3v) is 3.95. The third-order valence-electron chi connectivity index (χ3n) is 3.95. The largest absolute Gasteiger partial charge is 0.364 e. The maximum Gasteiger partial charge on any atom is 0.0971 e. The number of unbranched alkanes of at least 4 members (excludes halogenated alkanes) is 6. The molecule has 1 heterocycles. The molecular weight excluding hydrogens is 210 g/mol. The molecule has 0 aromatic rings. The monoisotopic (exact) mass is 241 g/mol. The Morgan fingerprint density at radius 3 is 2.18 bits per heavy atom. The molecule has 1 aliphatic heterocycles. The van der Waals surface area contributed by atoms with Gasteiger partial charge in [-0.3, -0.25) is 5.32 Å². The van der Waals surface area contributed by atoms with Crippen LogP contribution in [0.25, 0.3) is 0 Å². The molecule has 2 heteroatoms. The highest BCUT2D eigenvalue weighted by atomic mass is 16.5. The maximum atomic E-state index is 5.54. The van der Waals surface area contributed by atoms with Crippen molar-refractivity contribution in [1.82, 2.24) is 5.32 Å². The van der Waals surface area contributed by atoms with Gasteiger partial charge in [0.15, 0.2) is 0 Å². The van der Waals surface area contributed by atoms with E-state index in [2.05, 4.69) is 19.2 Å². The lowest BCUT2D eigenvalue weighted by Gasteiger charge is -2.27. The lowest BCUT2D eigenvalue weighted by Crippen LogP contribution is -2.42. The summed E-state index contributed by atoms with van der Waals surface area (Å²) >= 11 is 0. The molecule has 2 nitrogen and oxygen atoms in total. The van der Waals surface area contributed by atoms with E-state index in [4.69, 9.17) is 4.74 Å². The molecular formula is C15H31NO. The molecule has 1 rings (SSSR count). The highest BCUT2D eigenvalue weighted by molar-refractivity contribution is 4.90. The van der Waals surface area contributed by atoms with Gasteiger partial charge in [-0.1, -0.05) is 65.2 Å². The van der Waals surface area contributed by atoms with Gasteiger partial charge in [0.25, 0.3) is 0 Å². The van der Waals surface area contributed by atoms with Crippen molar-refractivity contribution in [2.24, 2.45) is 0 Å². The highest BCUT2D eigenvalue weighted by Gasteiger charge is 2.32. The molecule has 0 radical (unpaired) electrons.